The quantitative estimate of drug-likeness (QED) is 0.0141. The molecule has 0 saturated heterocycles. The standard InChI is InChI=1S/C59H47N13O29S9/c1-71(32-11-15-35-29(23-32)25-49(106(86,87)88)51(53(35)73)69-66-42-19-17-37-39(55(42)108(92,93)94)5-3-7-46(37)103(77,78)79)58-62-57(61-44-27-41(60)48(105(83,84)85)28-45(44)68-65-31-9-13-34(14-10-31)102(75,76)22-21-101-110(98,99)100)63-59(64-58)72(2)33-12-16-36-30(24-33)26-50(107(89,90)91)52(54(36)74)70-67-43-20-18-38-40(56(43)109(95,96)97)6-4-8-47(38)104(80,81)82/h3-20,23-28,66-67H,21-22,60H2,1-2H3,(H,77,78,79)(H,80,81,82)(H,83,84,85)(H,86,87,88)(H,89,90,91)(H,92,93,94)(H,95,96,97)(H,98,99,100)(H,61,62,63,64)/b68-65+,69-51-,70-52-. The molecule has 0 unspecified atom stereocenters. The average molecular weight is 1690 g/mol. The van der Waals surface area contributed by atoms with Crippen molar-refractivity contribution >= 4 is 211 Å². The lowest BCUT2D eigenvalue weighted by Gasteiger charge is -2.24. The van der Waals surface area contributed by atoms with Gasteiger partial charge in [0.2, 0.25) is 29.4 Å². The van der Waals surface area contributed by atoms with Crippen molar-refractivity contribution in [3.63, 3.8) is 0 Å². The molecule has 110 heavy (non-hydrogen) atoms. The van der Waals surface area contributed by atoms with Crippen molar-refractivity contribution in [2.24, 2.45) is 20.4 Å². The Labute approximate surface area is 621 Å². The molecule has 0 radical (unpaired) electrons. The van der Waals surface area contributed by atoms with Crippen LogP contribution in [0.5, 0.6) is 0 Å². The summed E-state index contributed by atoms with van der Waals surface area (Å²) in [5, 5.41) is 16.7. The number of nitrogen functional groups attached to an aromatic ring is 1. The van der Waals surface area contributed by atoms with Crippen LogP contribution in [-0.2, 0) is 95.2 Å². The van der Waals surface area contributed by atoms with E-state index in [0.717, 1.165) is 133 Å². The van der Waals surface area contributed by atoms with E-state index in [4.69, 9.17) is 10.3 Å². The Morgan fingerprint density at radius 2 is 0.891 bits per heavy atom. The fraction of sp³-hybridized carbons (Fsp3) is 0.0678. The number of nitrogens with one attached hydrogen (secondary N) is 3. The topological polar surface area (TPSA) is 669 Å². The lowest BCUT2D eigenvalue weighted by molar-refractivity contribution is 0.105. The number of anilines is 9. The van der Waals surface area contributed by atoms with Crippen molar-refractivity contribution < 1.29 is 126 Å². The van der Waals surface area contributed by atoms with Gasteiger partial charge in [-0.2, -0.15) is 97.6 Å². The summed E-state index contributed by atoms with van der Waals surface area (Å²) in [7, 11) is -43.6. The maximum atomic E-state index is 14.4. The number of aromatic nitrogens is 3. The summed E-state index contributed by atoms with van der Waals surface area (Å²) in [6, 6.07) is 22.5. The number of Topliss-reactive ketones (excluding diaryl/α,β-unsaturated/α-hetero) is 2. The second-order valence-corrected chi connectivity index (χ2v) is 35.8. The number of fused-ring (bicyclic) bond motifs is 4. The van der Waals surface area contributed by atoms with Crippen molar-refractivity contribution in [3.05, 3.63) is 166 Å². The van der Waals surface area contributed by atoms with Crippen LogP contribution in [0, 0.1) is 0 Å². The first-order valence-corrected chi connectivity index (χ1v) is 42.7. The van der Waals surface area contributed by atoms with E-state index in [-0.39, 0.29) is 45.0 Å². The minimum atomic E-state index is -5.51. The number of azo groups is 1. The monoisotopic (exact) mass is 1690 g/mol. The third-order valence-corrected chi connectivity index (χ3v) is 24.4. The maximum Gasteiger partial charge on any atom is 0.397 e. The first-order chi connectivity index (χ1) is 50.9. The zero-order chi connectivity index (χ0) is 80.7. The number of hydrazone groups is 2. The number of ketones is 2. The molecule has 0 spiro atoms. The number of nitrogens with two attached hydrogens (primary N) is 1. The number of benzene rings is 8. The van der Waals surface area contributed by atoms with Crippen LogP contribution >= 0.6 is 0 Å². The van der Waals surface area contributed by atoms with E-state index in [2.05, 4.69) is 55.7 Å². The molecule has 2 aliphatic rings. The van der Waals surface area contributed by atoms with Gasteiger partial charge in [-0.3, -0.25) is 56.9 Å². The Morgan fingerprint density at radius 3 is 1.29 bits per heavy atom. The lowest BCUT2D eigenvalue weighted by Crippen LogP contribution is -2.27. The Kier molecular flexibility index (Phi) is 21.0. The normalized spacial score (nSPS) is 14.9. The number of carbonyl (C=O) groups is 2. The molecular formula is C59H47N13O29S9. The minimum absolute atomic E-state index is 0.0466. The molecule has 9 aromatic rings. The Hall–Kier alpha value is -11.0. The average Bonchev–Trinajstić information content (AvgIpc) is 0.756. The summed E-state index contributed by atoms with van der Waals surface area (Å²) < 4.78 is 311. The van der Waals surface area contributed by atoms with E-state index < -0.39 is 228 Å². The smallest absolute Gasteiger partial charge is 0.397 e. The van der Waals surface area contributed by atoms with Crippen molar-refractivity contribution in [1.82, 2.24) is 15.0 Å². The molecule has 0 bridgehead atoms. The summed E-state index contributed by atoms with van der Waals surface area (Å²) in [6.45, 7) is -0.972. The van der Waals surface area contributed by atoms with Gasteiger partial charge < -0.3 is 20.9 Å². The largest absolute Gasteiger partial charge is 0.398 e. The Bertz CT molecular complexity index is 6530. The van der Waals surface area contributed by atoms with E-state index in [0.29, 0.717) is 0 Å². The minimum Gasteiger partial charge on any atom is -0.398 e. The highest BCUT2D eigenvalue weighted by Crippen LogP contribution is 2.41. The molecule has 576 valence electrons. The number of sulfone groups is 1. The molecule has 0 fully saturated rings. The molecule has 1 aromatic heterocycles. The van der Waals surface area contributed by atoms with Gasteiger partial charge in [-0.05, 0) is 120 Å². The van der Waals surface area contributed by atoms with Gasteiger partial charge in [-0.1, -0.05) is 36.4 Å². The second kappa shape index (κ2) is 28.8. The van der Waals surface area contributed by atoms with Gasteiger partial charge in [0.25, 0.3) is 70.8 Å². The zero-order valence-corrected chi connectivity index (χ0v) is 62.0. The predicted molar refractivity (Wildman–Crippen MR) is 390 cm³/mol. The first-order valence-electron chi connectivity index (χ1n) is 29.6. The van der Waals surface area contributed by atoms with Gasteiger partial charge in [0.1, 0.15) is 40.0 Å². The van der Waals surface area contributed by atoms with Crippen LogP contribution in [0.25, 0.3) is 33.7 Å². The van der Waals surface area contributed by atoms with Gasteiger partial charge >= 0.3 is 10.4 Å². The molecule has 13 N–H and O–H groups in total. The lowest BCUT2D eigenvalue weighted by atomic mass is 9.94. The molecule has 1 heterocycles. The second-order valence-electron chi connectivity index (χ2n) is 22.9. The van der Waals surface area contributed by atoms with Gasteiger partial charge in [-0.15, -0.1) is 5.11 Å². The van der Waals surface area contributed by atoms with Crippen LogP contribution in [-0.4, -0.2) is 177 Å². The molecule has 0 amide bonds. The molecule has 8 aromatic carbocycles. The number of allylic oxidation sites excluding steroid dienone is 2. The third kappa shape index (κ3) is 16.9. The highest BCUT2D eigenvalue weighted by molar-refractivity contribution is 7.92. The van der Waals surface area contributed by atoms with Crippen LogP contribution in [0.4, 0.5) is 63.3 Å². The van der Waals surface area contributed by atoms with Crippen LogP contribution in [0.2, 0.25) is 0 Å². The van der Waals surface area contributed by atoms with Crippen LogP contribution < -0.4 is 31.7 Å². The summed E-state index contributed by atoms with van der Waals surface area (Å²) in [4.78, 5) is 37.2. The fourth-order valence-electron chi connectivity index (χ4n) is 10.9. The number of hydrogen-bond acceptors (Lipinski definition) is 34. The summed E-state index contributed by atoms with van der Waals surface area (Å²) in [6.07, 6.45) is 1.52. The molecular weight excluding hydrogens is 1640 g/mol. The van der Waals surface area contributed by atoms with Crippen LogP contribution in [0.3, 0.4) is 0 Å². The van der Waals surface area contributed by atoms with Crippen molar-refractivity contribution in [3.8, 4) is 0 Å². The summed E-state index contributed by atoms with van der Waals surface area (Å²) >= 11 is 0. The van der Waals surface area contributed by atoms with E-state index in [1.807, 2.05) is 0 Å². The van der Waals surface area contributed by atoms with E-state index in [1.165, 1.54) is 36.0 Å². The molecule has 0 aliphatic heterocycles. The number of rotatable bonds is 24. The van der Waals surface area contributed by atoms with Crippen molar-refractivity contribution in [2.45, 2.75) is 29.4 Å². The predicted octanol–water partition coefficient (Wildman–Crippen LogP) is 6.07. The number of nitrogens with zero attached hydrogens (tertiary/aromatic N) is 9. The highest BCUT2D eigenvalue weighted by Gasteiger charge is 2.37. The van der Waals surface area contributed by atoms with Gasteiger partial charge in [0.05, 0.1) is 45.7 Å². The summed E-state index contributed by atoms with van der Waals surface area (Å²) in [5.74, 6) is -4.86. The van der Waals surface area contributed by atoms with Crippen LogP contribution in [0.1, 0.15) is 31.8 Å². The molecule has 0 saturated carbocycles. The van der Waals surface area contributed by atoms with E-state index >= 15 is 0 Å². The molecule has 11 rings (SSSR count). The van der Waals surface area contributed by atoms with E-state index in [9.17, 15) is 117 Å². The fourth-order valence-corrected chi connectivity index (χ4v) is 17.5. The van der Waals surface area contributed by atoms with E-state index in [1.54, 1.807) is 0 Å². The SMILES string of the molecule is CN(c1ccc2c(c1)C=C(S(=O)(=O)O)/C(=N/Nc1ccc3c(S(=O)(=O)O)cccc3c1S(=O)(=O)O)C2=O)c1nc(Nc2cc(N)c(S(=O)(=O)O)cc2/N=N/c2ccc(S(=O)(=O)CCOS(=O)(=O)O)cc2)nc(N(C)c2ccc3c(c2)C=C(S(=O)(=O)O)/C(=N/Nc2ccc4c(S(=O)(=O)O)cccc4c2S(=O)(=O)O)C3=O)n1. The molecule has 51 heteroatoms. The zero-order valence-electron chi connectivity index (χ0n) is 54.7. The number of hydrogen-bond donors (Lipinski definition) is 12. The highest BCUT2D eigenvalue weighted by atomic mass is 32.3. The van der Waals surface area contributed by atoms with Gasteiger partial charge in [0.15, 0.2) is 21.3 Å². The summed E-state index contributed by atoms with van der Waals surface area (Å²) in [5.41, 5.74) is 4.00. The maximum absolute atomic E-state index is 14.4. The molecule has 2 aliphatic carbocycles. The molecule has 0 atom stereocenters. The Morgan fingerprint density at radius 1 is 0.455 bits per heavy atom. The van der Waals surface area contributed by atoms with Gasteiger partial charge in [0, 0.05) is 58.1 Å². The number of carbonyl (C=O) groups excluding carboxylic acids is 2. The van der Waals surface area contributed by atoms with Crippen LogP contribution in [0.15, 0.2) is 193 Å². The third-order valence-electron chi connectivity index (χ3n) is 15.9. The molecule has 42 nitrogen and oxygen atoms in total. The Balaban J connectivity index is 1.000. The van der Waals surface area contributed by atoms with Gasteiger partial charge in [-0.25, -0.2) is 12.6 Å². The van der Waals surface area contributed by atoms with Crippen molar-refractivity contribution in [1.29, 1.82) is 0 Å². The first kappa shape index (κ1) is 80.1. The van der Waals surface area contributed by atoms with Crippen molar-refractivity contribution in [2.75, 3.05) is 58.2 Å².